The predicted molar refractivity (Wildman–Crippen MR) is 46.4 cm³/mol. The van der Waals surface area contributed by atoms with E-state index in [1.807, 2.05) is 35.9 Å². The molecule has 0 spiro atoms. The van der Waals surface area contributed by atoms with Crippen molar-refractivity contribution in [1.82, 2.24) is 9.61 Å². The fourth-order valence-electron chi connectivity index (χ4n) is 1.22. The van der Waals surface area contributed by atoms with Gasteiger partial charge in [0.1, 0.15) is 0 Å². The molecular weight excluding hydrogens is 135 g/mol. The molecule has 2 heterocycles. The van der Waals surface area contributed by atoms with Gasteiger partial charge in [0, 0.05) is 12.4 Å². The van der Waals surface area contributed by atoms with E-state index in [2.05, 4.69) is 18.4 Å². The zero-order valence-electron chi connectivity index (χ0n) is 6.36. The van der Waals surface area contributed by atoms with Crippen LogP contribution in [-0.4, -0.2) is 16.9 Å². The molecule has 2 aromatic heterocycles. The van der Waals surface area contributed by atoms with Crippen molar-refractivity contribution in [3.05, 3.63) is 30.6 Å². The molecule has 2 aromatic rings. The molecule has 0 unspecified atom stereocenters. The van der Waals surface area contributed by atoms with Gasteiger partial charge < -0.3 is 0 Å². The van der Waals surface area contributed by atoms with Crippen LogP contribution in [-0.2, 0) is 0 Å². The van der Waals surface area contributed by atoms with Gasteiger partial charge in [0.05, 0.1) is 5.52 Å². The molecule has 0 saturated heterocycles. The average molecular weight is 143 g/mol. The lowest BCUT2D eigenvalue weighted by atomic mass is 9.73. The third-order valence-corrected chi connectivity index (χ3v) is 1.78. The molecular formula is C8H8BN2. The van der Waals surface area contributed by atoms with Gasteiger partial charge in [0.2, 0.25) is 0 Å². The van der Waals surface area contributed by atoms with Crippen LogP contribution in [0.5, 0.6) is 0 Å². The molecule has 0 bridgehead atoms. The number of rotatable bonds is 1. The second-order valence-corrected chi connectivity index (χ2v) is 2.41. The number of hydrogen-bond acceptors (Lipinski definition) is 1. The molecule has 0 N–H and O–H groups in total. The van der Waals surface area contributed by atoms with Crippen molar-refractivity contribution < 1.29 is 0 Å². The standard InChI is InChI=1S/C8H8BN2/c1-9-7-3-2-6-11-8(7)4-5-10-11/h2-6H,1H3. The summed E-state index contributed by atoms with van der Waals surface area (Å²) < 4.78 is 1.87. The summed E-state index contributed by atoms with van der Waals surface area (Å²) in [5.41, 5.74) is 2.39. The van der Waals surface area contributed by atoms with Gasteiger partial charge >= 0.3 is 0 Å². The highest BCUT2D eigenvalue weighted by Crippen LogP contribution is 1.96. The molecule has 2 nitrogen and oxygen atoms in total. The summed E-state index contributed by atoms with van der Waals surface area (Å²) in [6.45, 7) is 2.03. The first-order valence-corrected chi connectivity index (χ1v) is 3.63. The monoisotopic (exact) mass is 143 g/mol. The second kappa shape index (κ2) is 2.42. The number of nitrogens with zero attached hydrogens (tertiary/aromatic N) is 2. The first kappa shape index (κ1) is 6.46. The lowest BCUT2D eigenvalue weighted by molar-refractivity contribution is 0.964. The maximum atomic E-state index is 4.12. The minimum atomic E-state index is 1.16. The summed E-state index contributed by atoms with van der Waals surface area (Å²) >= 11 is 0. The molecule has 1 radical (unpaired) electrons. The van der Waals surface area contributed by atoms with Crippen molar-refractivity contribution in [2.75, 3.05) is 0 Å². The lowest BCUT2D eigenvalue weighted by Gasteiger charge is -1.97. The molecule has 0 saturated carbocycles. The largest absolute Gasteiger partial charge is 0.242 e. The number of aromatic nitrogens is 2. The average Bonchev–Trinajstić information content (AvgIpc) is 2.50. The van der Waals surface area contributed by atoms with Crippen molar-refractivity contribution in [1.29, 1.82) is 0 Å². The summed E-state index contributed by atoms with van der Waals surface area (Å²) in [6.07, 6.45) is 3.75. The van der Waals surface area contributed by atoms with Gasteiger partial charge in [-0.1, -0.05) is 18.4 Å². The number of pyridine rings is 1. The Morgan fingerprint density at radius 2 is 2.36 bits per heavy atom. The summed E-state index contributed by atoms with van der Waals surface area (Å²) in [5, 5.41) is 4.12. The zero-order chi connectivity index (χ0) is 7.68. The topological polar surface area (TPSA) is 17.3 Å². The van der Waals surface area contributed by atoms with Gasteiger partial charge in [-0.25, -0.2) is 4.52 Å². The van der Waals surface area contributed by atoms with Crippen molar-refractivity contribution in [3.8, 4) is 0 Å². The van der Waals surface area contributed by atoms with Gasteiger partial charge in [-0.15, -0.1) is 0 Å². The van der Waals surface area contributed by atoms with Gasteiger partial charge in [0.15, 0.2) is 7.28 Å². The van der Waals surface area contributed by atoms with Crippen LogP contribution in [0.4, 0.5) is 0 Å². The Kier molecular flexibility index (Phi) is 1.42. The molecule has 0 aromatic carbocycles. The van der Waals surface area contributed by atoms with Crippen molar-refractivity contribution in [2.24, 2.45) is 0 Å². The van der Waals surface area contributed by atoms with Crippen LogP contribution in [0.3, 0.4) is 0 Å². The van der Waals surface area contributed by atoms with Gasteiger partial charge in [-0.3, -0.25) is 0 Å². The van der Waals surface area contributed by atoms with Crippen LogP contribution in [0.1, 0.15) is 0 Å². The quantitative estimate of drug-likeness (QED) is 0.537. The summed E-state index contributed by atoms with van der Waals surface area (Å²) in [6, 6.07) is 6.08. The maximum Gasteiger partial charge on any atom is 0.151 e. The SMILES string of the molecule is C[B]c1cccn2nccc12. The highest BCUT2D eigenvalue weighted by atomic mass is 15.2. The van der Waals surface area contributed by atoms with E-state index in [9.17, 15) is 0 Å². The number of hydrogen-bond donors (Lipinski definition) is 0. The van der Waals surface area contributed by atoms with Crippen LogP contribution in [0.25, 0.3) is 5.52 Å². The Balaban J connectivity index is 2.79. The lowest BCUT2D eigenvalue weighted by Crippen LogP contribution is -2.13. The molecule has 0 aliphatic carbocycles. The molecule has 0 fully saturated rings. The smallest absolute Gasteiger partial charge is 0.151 e. The van der Waals surface area contributed by atoms with E-state index in [1.165, 1.54) is 5.46 Å². The van der Waals surface area contributed by atoms with E-state index in [0.29, 0.717) is 0 Å². The molecule has 11 heavy (non-hydrogen) atoms. The van der Waals surface area contributed by atoms with Crippen LogP contribution in [0, 0.1) is 0 Å². The summed E-state index contributed by atoms with van der Waals surface area (Å²) in [5.74, 6) is 0. The minimum absolute atomic E-state index is 1.16. The Labute approximate surface area is 66.1 Å². The molecule has 2 rings (SSSR count). The first-order chi connectivity index (χ1) is 5.42. The highest BCUT2D eigenvalue weighted by molar-refractivity contribution is 6.54. The fourth-order valence-corrected chi connectivity index (χ4v) is 1.22. The van der Waals surface area contributed by atoms with E-state index in [1.54, 1.807) is 0 Å². The van der Waals surface area contributed by atoms with Gasteiger partial charge in [-0.05, 0) is 12.1 Å². The summed E-state index contributed by atoms with van der Waals surface area (Å²) in [7, 11) is 2.08. The minimum Gasteiger partial charge on any atom is -0.242 e. The Bertz CT molecular complexity index is 367. The van der Waals surface area contributed by atoms with Crippen molar-refractivity contribution >= 4 is 18.3 Å². The fraction of sp³-hybridized carbons (Fsp3) is 0.125. The van der Waals surface area contributed by atoms with E-state index in [0.717, 1.165) is 5.52 Å². The van der Waals surface area contributed by atoms with E-state index >= 15 is 0 Å². The Morgan fingerprint density at radius 3 is 3.18 bits per heavy atom. The third kappa shape index (κ3) is 0.927. The van der Waals surface area contributed by atoms with Crippen molar-refractivity contribution in [3.63, 3.8) is 0 Å². The Hall–Kier alpha value is -1.25. The van der Waals surface area contributed by atoms with Gasteiger partial charge in [-0.2, -0.15) is 5.10 Å². The molecule has 0 aliphatic rings. The molecule has 0 aliphatic heterocycles. The molecule has 53 valence electrons. The van der Waals surface area contributed by atoms with E-state index < -0.39 is 0 Å². The van der Waals surface area contributed by atoms with Crippen LogP contribution in [0.2, 0.25) is 6.82 Å². The van der Waals surface area contributed by atoms with Crippen molar-refractivity contribution in [2.45, 2.75) is 6.82 Å². The number of fused-ring (bicyclic) bond motifs is 1. The van der Waals surface area contributed by atoms with Crippen LogP contribution >= 0.6 is 0 Å². The predicted octanol–water partition coefficient (Wildman–Crippen LogP) is 0.712. The molecule has 0 amide bonds. The zero-order valence-corrected chi connectivity index (χ0v) is 6.36. The third-order valence-electron chi connectivity index (χ3n) is 1.78. The van der Waals surface area contributed by atoms with E-state index in [4.69, 9.17) is 0 Å². The Morgan fingerprint density at radius 1 is 1.45 bits per heavy atom. The normalized spacial score (nSPS) is 10.3. The first-order valence-electron chi connectivity index (χ1n) is 3.63. The van der Waals surface area contributed by atoms with Gasteiger partial charge in [0.25, 0.3) is 0 Å². The second-order valence-electron chi connectivity index (χ2n) is 2.41. The highest BCUT2D eigenvalue weighted by Gasteiger charge is 1.97. The summed E-state index contributed by atoms with van der Waals surface area (Å²) in [4.78, 5) is 0. The van der Waals surface area contributed by atoms with Crippen LogP contribution in [0.15, 0.2) is 30.6 Å². The molecule has 0 atom stereocenters. The maximum absolute atomic E-state index is 4.12. The molecule has 3 heteroatoms. The van der Waals surface area contributed by atoms with Crippen LogP contribution < -0.4 is 5.46 Å². The van der Waals surface area contributed by atoms with E-state index in [-0.39, 0.29) is 0 Å².